The molecule has 1 aliphatic rings. The number of aliphatic hydroxyl groups is 1. The fraction of sp³-hybridized carbons (Fsp3) is 0.923. The number of carbonyl (C=O) groups excluding carboxylic acids is 1. The normalized spacial score (nSPS) is 35.5. The fourth-order valence-electron chi connectivity index (χ4n) is 3.32. The molecule has 0 bridgehead atoms. The van der Waals surface area contributed by atoms with Gasteiger partial charge in [-0.1, -0.05) is 20.8 Å². The van der Waals surface area contributed by atoms with E-state index in [9.17, 15) is 9.90 Å². The predicted molar refractivity (Wildman–Crippen MR) is 62.9 cm³/mol. The molecule has 0 aromatic carbocycles. The SMILES string of the molecule is COC(=O)C(C)C1(O)CC(C)CC(C)(C)C1. The Labute approximate surface area is 98.2 Å². The summed E-state index contributed by atoms with van der Waals surface area (Å²) in [5.74, 6) is -0.312. The molecule has 0 aliphatic heterocycles. The van der Waals surface area contributed by atoms with Crippen molar-refractivity contribution >= 4 is 5.97 Å². The topological polar surface area (TPSA) is 46.5 Å². The number of ether oxygens (including phenoxy) is 1. The molecule has 0 saturated heterocycles. The monoisotopic (exact) mass is 228 g/mol. The van der Waals surface area contributed by atoms with Gasteiger partial charge in [0.25, 0.3) is 0 Å². The number of carbonyl (C=O) groups is 1. The third-order valence-electron chi connectivity index (χ3n) is 3.75. The molecule has 1 aliphatic carbocycles. The lowest BCUT2D eigenvalue weighted by Gasteiger charge is -2.46. The van der Waals surface area contributed by atoms with Crippen LogP contribution in [0.15, 0.2) is 0 Å². The molecule has 1 rings (SSSR count). The first kappa shape index (κ1) is 13.5. The zero-order valence-electron chi connectivity index (χ0n) is 11.0. The first-order chi connectivity index (χ1) is 7.20. The molecule has 3 nitrogen and oxygen atoms in total. The van der Waals surface area contributed by atoms with Gasteiger partial charge in [0, 0.05) is 0 Å². The molecule has 94 valence electrons. The Hall–Kier alpha value is -0.570. The van der Waals surface area contributed by atoms with Crippen LogP contribution in [0.25, 0.3) is 0 Å². The largest absolute Gasteiger partial charge is 0.469 e. The molecular weight excluding hydrogens is 204 g/mol. The molecule has 3 unspecified atom stereocenters. The highest BCUT2D eigenvalue weighted by atomic mass is 16.5. The minimum Gasteiger partial charge on any atom is -0.469 e. The van der Waals surface area contributed by atoms with Crippen molar-refractivity contribution in [2.24, 2.45) is 17.3 Å². The van der Waals surface area contributed by atoms with Gasteiger partial charge in [-0.3, -0.25) is 4.79 Å². The molecule has 0 heterocycles. The molecule has 1 fully saturated rings. The summed E-state index contributed by atoms with van der Waals surface area (Å²) in [6, 6.07) is 0. The van der Waals surface area contributed by atoms with E-state index in [2.05, 4.69) is 20.8 Å². The average molecular weight is 228 g/mol. The second-order valence-electron chi connectivity index (χ2n) is 6.20. The number of rotatable bonds is 2. The van der Waals surface area contributed by atoms with E-state index in [-0.39, 0.29) is 11.4 Å². The summed E-state index contributed by atoms with van der Waals surface area (Å²) in [6.07, 6.45) is 2.45. The van der Waals surface area contributed by atoms with E-state index in [1.165, 1.54) is 7.11 Å². The van der Waals surface area contributed by atoms with Crippen LogP contribution in [0.1, 0.15) is 47.0 Å². The van der Waals surface area contributed by atoms with E-state index >= 15 is 0 Å². The summed E-state index contributed by atoms with van der Waals surface area (Å²) in [4.78, 5) is 11.6. The van der Waals surface area contributed by atoms with Crippen molar-refractivity contribution in [3.8, 4) is 0 Å². The van der Waals surface area contributed by atoms with Gasteiger partial charge in [0.1, 0.15) is 0 Å². The summed E-state index contributed by atoms with van der Waals surface area (Å²) < 4.78 is 4.73. The van der Waals surface area contributed by atoms with Crippen molar-refractivity contribution in [1.82, 2.24) is 0 Å². The Morgan fingerprint density at radius 2 is 2.00 bits per heavy atom. The van der Waals surface area contributed by atoms with Gasteiger partial charge < -0.3 is 9.84 Å². The van der Waals surface area contributed by atoms with Crippen LogP contribution >= 0.6 is 0 Å². The number of methoxy groups -OCH3 is 1. The van der Waals surface area contributed by atoms with E-state index in [1.54, 1.807) is 6.92 Å². The third kappa shape index (κ3) is 2.76. The molecule has 0 radical (unpaired) electrons. The minimum absolute atomic E-state index is 0.0920. The molecule has 0 aromatic heterocycles. The smallest absolute Gasteiger partial charge is 0.311 e. The van der Waals surface area contributed by atoms with Crippen LogP contribution in [0.3, 0.4) is 0 Å². The van der Waals surface area contributed by atoms with Crippen LogP contribution < -0.4 is 0 Å². The summed E-state index contributed by atoms with van der Waals surface area (Å²) in [7, 11) is 1.37. The van der Waals surface area contributed by atoms with E-state index in [1.807, 2.05) is 0 Å². The van der Waals surface area contributed by atoms with E-state index in [0.717, 1.165) is 6.42 Å². The second kappa shape index (κ2) is 4.36. The lowest BCUT2D eigenvalue weighted by molar-refractivity contribution is -0.162. The molecule has 3 heteroatoms. The van der Waals surface area contributed by atoms with Gasteiger partial charge in [-0.15, -0.1) is 0 Å². The highest BCUT2D eigenvalue weighted by Gasteiger charge is 2.47. The van der Waals surface area contributed by atoms with Crippen molar-refractivity contribution < 1.29 is 14.6 Å². The van der Waals surface area contributed by atoms with E-state index in [4.69, 9.17) is 4.74 Å². The number of hydrogen-bond acceptors (Lipinski definition) is 3. The molecule has 0 amide bonds. The molecule has 1 N–H and O–H groups in total. The Morgan fingerprint density at radius 3 is 2.44 bits per heavy atom. The highest BCUT2D eigenvalue weighted by Crippen LogP contribution is 2.46. The lowest BCUT2D eigenvalue weighted by Crippen LogP contribution is -2.49. The van der Waals surface area contributed by atoms with Gasteiger partial charge in [-0.25, -0.2) is 0 Å². The van der Waals surface area contributed by atoms with E-state index in [0.29, 0.717) is 18.8 Å². The summed E-state index contributed by atoms with van der Waals surface area (Å²) >= 11 is 0. The van der Waals surface area contributed by atoms with Crippen LogP contribution in [-0.4, -0.2) is 23.8 Å². The van der Waals surface area contributed by atoms with Gasteiger partial charge in [0.05, 0.1) is 18.6 Å². The van der Waals surface area contributed by atoms with Gasteiger partial charge in [-0.05, 0) is 37.5 Å². The zero-order chi connectivity index (χ0) is 12.6. The summed E-state index contributed by atoms with van der Waals surface area (Å²) in [5, 5.41) is 10.6. The van der Waals surface area contributed by atoms with Crippen molar-refractivity contribution in [3.05, 3.63) is 0 Å². The van der Waals surface area contributed by atoms with Gasteiger partial charge in [0.15, 0.2) is 0 Å². The van der Waals surface area contributed by atoms with Gasteiger partial charge in [0.2, 0.25) is 0 Å². The average Bonchev–Trinajstić information content (AvgIpc) is 2.11. The lowest BCUT2D eigenvalue weighted by atomic mass is 9.62. The first-order valence-corrected chi connectivity index (χ1v) is 6.00. The molecule has 16 heavy (non-hydrogen) atoms. The van der Waals surface area contributed by atoms with Crippen LogP contribution in [0.4, 0.5) is 0 Å². The van der Waals surface area contributed by atoms with E-state index < -0.39 is 11.5 Å². The maximum atomic E-state index is 11.6. The van der Waals surface area contributed by atoms with Gasteiger partial charge >= 0.3 is 5.97 Å². The van der Waals surface area contributed by atoms with Crippen molar-refractivity contribution in [2.75, 3.05) is 7.11 Å². The molecule has 3 atom stereocenters. The predicted octanol–water partition coefficient (Wildman–Crippen LogP) is 2.37. The molecular formula is C13H24O3. The van der Waals surface area contributed by atoms with Crippen LogP contribution in [0.5, 0.6) is 0 Å². The number of esters is 1. The Bertz CT molecular complexity index is 272. The van der Waals surface area contributed by atoms with Crippen LogP contribution in [-0.2, 0) is 9.53 Å². The summed E-state index contributed by atoms with van der Waals surface area (Å²) in [5.41, 5.74) is -0.817. The minimum atomic E-state index is -0.908. The zero-order valence-corrected chi connectivity index (χ0v) is 11.0. The Morgan fingerprint density at radius 1 is 1.44 bits per heavy atom. The summed E-state index contributed by atoms with van der Waals surface area (Å²) in [6.45, 7) is 8.20. The first-order valence-electron chi connectivity index (χ1n) is 6.00. The Balaban J connectivity index is 2.87. The quantitative estimate of drug-likeness (QED) is 0.738. The molecule has 0 aromatic rings. The fourth-order valence-corrected chi connectivity index (χ4v) is 3.32. The van der Waals surface area contributed by atoms with Crippen LogP contribution in [0, 0.1) is 17.3 Å². The molecule has 0 spiro atoms. The maximum Gasteiger partial charge on any atom is 0.311 e. The second-order valence-corrected chi connectivity index (χ2v) is 6.20. The maximum absolute atomic E-state index is 11.6. The highest BCUT2D eigenvalue weighted by molar-refractivity contribution is 5.73. The molecule has 1 saturated carbocycles. The Kier molecular flexibility index (Phi) is 3.68. The van der Waals surface area contributed by atoms with Crippen molar-refractivity contribution in [2.45, 2.75) is 52.6 Å². The third-order valence-corrected chi connectivity index (χ3v) is 3.75. The standard InChI is InChI=1S/C13H24O3/c1-9-6-12(3,4)8-13(15,7-9)10(2)11(14)16-5/h9-10,15H,6-8H2,1-5H3. The van der Waals surface area contributed by atoms with Crippen LogP contribution in [0.2, 0.25) is 0 Å². The van der Waals surface area contributed by atoms with Crippen molar-refractivity contribution in [1.29, 1.82) is 0 Å². The number of hydrogen-bond donors (Lipinski definition) is 1. The van der Waals surface area contributed by atoms with Crippen molar-refractivity contribution in [3.63, 3.8) is 0 Å². The van der Waals surface area contributed by atoms with Gasteiger partial charge in [-0.2, -0.15) is 0 Å².